The number of nitrogens with zero attached hydrogens (tertiary/aromatic N) is 2. The van der Waals surface area contributed by atoms with Crippen molar-refractivity contribution >= 4 is 22.6 Å². The van der Waals surface area contributed by atoms with Gasteiger partial charge in [0.1, 0.15) is 11.4 Å². The summed E-state index contributed by atoms with van der Waals surface area (Å²) in [6.07, 6.45) is 0.794. The van der Waals surface area contributed by atoms with Gasteiger partial charge in [0.15, 0.2) is 0 Å². The second-order valence-corrected chi connectivity index (χ2v) is 7.20. The molecule has 1 aliphatic heterocycles. The Hall–Kier alpha value is -3.12. The fourth-order valence-corrected chi connectivity index (χ4v) is 3.95. The van der Waals surface area contributed by atoms with Gasteiger partial charge in [-0.1, -0.05) is 54.6 Å². The number of carbonyl (C=O) groups excluding carboxylic acids is 2. The van der Waals surface area contributed by atoms with Crippen molar-refractivity contribution in [2.75, 3.05) is 26.8 Å². The fraction of sp³-hybridized carbons (Fsp3) is 0.304. The lowest BCUT2D eigenvalue weighted by Gasteiger charge is -2.19. The Kier molecular flexibility index (Phi) is 5.62. The van der Waals surface area contributed by atoms with Crippen LogP contribution in [0, 0.1) is 0 Å². The van der Waals surface area contributed by atoms with Crippen LogP contribution in [0.4, 0.5) is 0 Å². The van der Waals surface area contributed by atoms with Crippen molar-refractivity contribution in [2.45, 2.75) is 19.5 Å². The van der Waals surface area contributed by atoms with Gasteiger partial charge in [-0.3, -0.25) is 9.59 Å². The van der Waals surface area contributed by atoms with E-state index in [9.17, 15) is 9.59 Å². The number of amides is 2. The third-order valence-corrected chi connectivity index (χ3v) is 5.35. The molecule has 1 aromatic heterocycles. The molecule has 0 spiro atoms. The number of benzene rings is 2. The molecule has 6 nitrogen and oxygen atoms in total. The highest BCUT2D eigenvalue weighted by Gasteiger charge is 2.30. The van der Waals surface area contributed by atoms with E-state index >= 15 is 0 Å². The van der Waals surface area contributed by atoms with Gasteiger partial charge in [-0.05, 0) is 12.0 Å². The lowest BCUT2D eigenvalue weighted by Crippen LogP contribution is -2.34. The zero-order chi connectivity index (χ0) is 20.2. The van der Waals surface area contributed by atoms with Crippen molar-refractivity contribution in [3.63, 3.8) is 0 Å². The van der Waals surface area contributed by atoms with Gasteiger partial charge in [0.05, 0.1) is 6.61 Å². The molecule has 2 heterocycles. The van der Waals surface area contributed by atoms with Crippen LogP contribution in [0.1, 0.15) is 33.0 Å². The maximum Gasteiger partial charge on any atom is 0.271 e. The van der Waals surface area contributed by atoms with E-state index in [2.05, 4.69) is 5.32 Å². The molecule has 0 radical (unpaired) electrons. The Morgan fingerprint density at radius 1 is 1.03 bits per heavy atom. The van der Waals surface area contributed by atoms with Crippen LogP contribution in [-0.2, 0) is 17.8 Å². The molecule has 1 aliphatic rings. The number of nitrogens with one attached hydrogen (secondary N) is 1. The van der Waals surface area contributed by atoms with Crippen LogP contribution < -0.4 is 5.32 Å². The first-order valence-corrected chi connectivity index (χ1v) is 9.92. The zero-order valence-corrected chi connectivity index (χ0v) is 16.6. The van der Waals surface area contributed by atoms with Crippen LogP contribution in [0.3, 0.4) is 0 Å². The monoisotopic (exact) mass is 391 g/mol. The Morgan fingerprint density at radius 2 is 1.76 bits per heavy atom. The molecule has 4 rings (SSSR count). The van der Waals surface area contributed by atoms with E-state index in [1.54, 1.807) is 7.11 Å². The highest BCUT2D eigenvalue weighted by atomic mass is 16.5. The molecule has 1 N–H and O–H groups in total. The maximum atomic E-state index is 13.3. The zero-order valence-electron chi connectivity index (χ0n) is 16.6. The van der Waals surface area contributed by atoms with Gasteiger partial charge >= 0.3 is 0 Å². The number of fused-ring (bicyclic) bond motifs is 3. The first-order chi connectivity index (χ1) is 14.2. The first-order valence-electron chi connectivity index (χ1n) is 9.92. The Labute approximate surface area is 170 Å². The maximum absolute atomic E-state index is 13.3. The second-order valence-electron chi connectivity index (χ2n) is 7.20. The number of aromatic nitrogens is 1. The van der Waals surface area contributed by atoms with E-state index in [4.69, 9.17) is 4.74 Å². The lowest BCUT2D eigenvalue weighted by atomic mass is 10.1. The van der Waals surface area contributed by atoms with Crippen LogP contribution in [0.5, 0.6) is 0 Å². The van der Waals surface area contributed by atoms with Gasteiger partial charge in [-0.25, -0.2) is 0 Å². The van der Waals surface area contributed by atoms with Crippen molar-refractivity contribution in [1.82, 2.24) is 14.8 Å². The SMILES string of the molecule is COCCN1CCCn2c(C(=O)NCc3ccccc3)c3ccccc3c2C1=O. The van der Waals surface area contributed by atoms with E-state index in [0.717, 1.165) is 22.8 Å². The number of ether oxygens (including phenoxy) is 1. The third-order valence-electron chi connectivity index (χ3n) is 5.35. The highest BCUT2D eigenvalue weighted by molar-refractivity contribution is 6.14. The van der Waals surface area contributed by atoms with Crippen LogP contribution in [0.15, 0.2) is 54.6 Å². The van der Waals surface area contributed by atoms with E-state index in [-0.39, 0.29) is 11.8 Å². The molecule has 0 atom stereocenters. The highest BCUT2D eigenvalue weighted by Crippen LogP contribution is 2.29. The van der Waals surface area contributed by atoms with Gasteiger partial charge in [-0.2, -0.15) is 0 Å². The summed E-state index contributed by atoms with van der Waals surface area (Å²) < 4.78 is 7.06. The molecule has 0 saturated carbocycles. The lowest BCUT2D eigenvalue weighted by molar-refractivity contribution is 0.0701. The molecular weight excluding hydrogens is 366 g/mol. The van der Waals surface area contributed by atoms with Crippen molar-refractivity contribution in [2.24, 2.45) is 0 Å². The fourth-order valence-electron chi connectivity index (χ4n) is 3.95. The molecule has 29 heavy (non-hydrogen) atoms. The minimum Gasteiger partial charge on any atom is -0.383 e. The van der Waals surface area contributed by atoms with Gasteiger partial charge in [0.2, 0.25) is 0 Å². The minimum atomic E-state index is -0.158. The molecule has 6 heteroatoms. The average molecular weight is 391 g/mol. The van der Waals surface area contributed by atoms with E-state index < -0.39 is 0 Å². The molecule has 2 aromatic carbocycles. The summed E-state index contributed by atoms with van der Waals surface area (Å²) in [7, 11) is 1.63. The molecule has 2 amide bonds. The van der Waals surface area contributed by atoms with Crippen molar-refractivity contribution in [3.05, 3.63) is 71.5 Å². The minimum absolute atomic E-state index is 0.0436. The van der Waals surface area contributed by atoms with E-state index in [1.807, 2.05) is 64.1 Å². The predicted molar refractivity (Wildman–Crippen MR) is 112 cm³/mol. The number of hydrogen-bond donors (Lipinski definition) is 1. The molecule has 0 bridgehead atoms. The summed E-state index contributed by atoms with van der Waals surface area (Å²) in [5, 5.41) is 4.66. The summed E-state index contributed by atoms with van der Waals surface area (Å²) in [5.74, 6) is -0.202. The summed E-state index contributed by atoms with van der Waals surface area (Å²) in [6, 6.07) is 17.5. The molecule has 3 aromatic rings. The summed E-state index contributed by atoms with van der Waals surface area (Å²) in [4.78, 5) is 28.3. The topological polar surface area (TPSA) is 63.6 Å². The Balaban J connectivity index is 1.71. The largest absolute Gasteiger partial charge is 0.383 e. The summed E-state index contributed by atoms with van der Waals surface area (Å²) >= 11 is 0. The number of rotatable bonds is 6. The molecule has 0 fully saturated rings. The normalized spacial score (nSPS) is 14.0. The quantitative estimate of drug-likeness (QED) is 0.702. The van der Waals surface area contributed by atoms with Crippen LogP contribution in [0.2, 0.25) is 0 Å². The molecule has 0 unspecified atom stereocenters. The van der Waals surface area contributed by atoms with Crippen LogP contribution >= 0.6 is 0 Å². The van der Waals surface area contributed by atoms with Crippen molar-refractivity contribution < 1.29 is 14.3 Å². The van der Waals surface area contributed by atoms with Crippen molar-refractivity contribution in [1.29, 1.82) is 0 Å². The second kappa shape index (κ2) is 8.49. The third kappa shape index (κ3) is 3.76. The standard InChI is InChI=1S/C23H25N3O3/c1-29-15-14-25-12-7-13-26-20(22(27)24-16-17-8-3-2-4-9-17)18-10-5-6-11-19(18)21(26)23(25)28/h2-6,8-11H,7,12-16H2,1H3,(H,24,27). The Morgan fingerprint density at radius 3 is 2.52 bits per heavy atom. The van der Waals surface area contributed by atoms with Gasteiger partial charge < -0.3 is 19.5 Å². The van der Waals surface area contributed by atoms with Gasteiger partial charge in [0.25, 0.3) is 11.8 Å². The first kappa shape index (κ1) is 19.2. The van der Waals surface area contributed by atoms with Gasteiger partial charge in [0, 0.05) is 44.1 Å². The van der Waals surface area contributed by atoms with E-state index in [0.29, 0.717) is 44.2 Å². The molecule has 0 aliphatic carbocycles. The predicted octanol–water partition coefficient (Wildman–Crippen LogP) is 3.06. The Bertz CT molecular complexity index is 1030. The summed E-state index contributed by atoms with van der Waals surface area (Å²) in [6.45, 7) is 2.78. The smallest absolute Gasteiger partial charge is 0.271 e. The number of hydrogen-bond acceptors (Lipinski definition) is 3. The molecule has 150 valence electrons. The van der Waals surface area contributed by atoms with E-state index in [1.165, 1.54) is 0 Å². The number of carbonyl (C=O) groups is 2. The van der Waals surface area contributed by atoms with Crippen molar-refractivity contribution in [3.8, 4) is 0 Å². The van der Waals surface area contributed by atoms with Crippen LogP contribution in [0.25, 0.3) is 10.8 Å². The van der Waals surface area contributed by atoms with Gasteiger partial charge in [-0.15, -0.1) is 0 Å². The molecular formula is C23H25N3O3. The average Bonchev–Trinajstić information content (AvgIpc) is 2.99. The summed E-state index contributed by atoms with van der Waals surface area (Å²) in [5.41, 5.74) is 2.20. The van der Waals surface area contributed by atoms with Crippen LogP contribution in [-0.4, -0.2) is 48.1 Å². The molecule has 0 saturated heterocycles. The number of methoxy groups -OCH3 is 1.